The second kappa shape index (κ2) is 7.09. The van der Waals surface area contributed by atoms with Crippen molar-refractivity contribution >= 4 is 10.8 Å². The van der Waals surface area contributed by atoms with Crippen LogP contribution in [0.5, 0.6) is 0 Å². The van der Waals surface area contributed by atoms with E-state index in [1.54, 1.807) is 0 Å². The van der Waals surface area contributed by atoms with Gasteiger partial charge in [0.1, 0.15) is 0 Å². The maximum atomic E-state index is 2.37. The Hall–Kier alpha value is -1.07. The summed E-state index contributed by atoms with van der Waals surface area (Å²) in [6.07, 6.45) is 3.73. The Morgan fingerprint density at radius 2 is 1.75 bits per heavy atom. The Balaban J connectivity index is 0.00000147. The normalized spacial score (nSPS) is 10.4. The second-order valence-corrected chi connectivity index (χ2v) is 5.14. The molecule has 0 spiro atoms. The van der Waals surface area contributed by atoms with Crippen LogP contribution in [0, 0.1) is 0 Å². The summed E-state index contributed by atoms with van der Waals surface area (Å²) < 4.78 is 0. The molecule has 3 aromatic rings. The van der Waals surface area contributed by atoms with Crippen LogP contribution in [0.3, 0.4) is 0 Å². The van der Waals surface area contributed by atoms with E-state index in [2.05, 4.69) is 67.6 Å². The van der Waals surface area contributed by atoms with E-state index in [1.807, 2.05) is 0 Å². The summed E-state index contributed by atoms with van der Waals surface area (Å²) in [6, 6.07) is 22.0. The molecule has 0 aliphatic rings. The van der Waals surface area contributed by atoms with E-state index in [4.69, 9.17) is 0 Å². The largest absolute Gasteiger partial charge is 0.164 e. The maximum Gasteiger partial charge on any atom is 0 e. The minimum atomic E-state index is 0. The van der Waals surface area contributed by atoms with Gasteiger partial charge in [-0.2, -0.15) is 6.07 Å². The summed E-state index contributed by atoms with van der Waals surface area (Å²) in [5.74, 6) is 0. The molecule has 1 heteroatoms. The topological polar surface area (TPSA) is 0 Å². The van der Waals surface area contributed by atoms with Gasteiger partial charge in [-0.1, -0.05) is 61.7 Å². The van der Waals surface area contributed by atoms with E-state index in [-0.39, 0.29) is 26.2 Å². The van der Waals surface area contributed by atoms with Gasteiger partial charge in [0.2, 0.25) is 0 Å². The van der Waals surface area contributed by atoms with E-state index in [9.17, 15) is 0 Å². The molecule has 0 nitrogen and oxygen atoms in total. The summed E-state index contributed by atoms with van der Waals surface area (Å²) in [5, 5.41) is 2.76. The van der Waals surface area contributed by atoms with Gasteiger partial charge >= 0.3 is 0 Å². The number of aryl methyl sites for hydroxylation is 1. The number of fused-ring (bicyclic) bond motifs is 1. The summed E-state index contributed by atoms with van der Waals surface area (Å²) in [5.41, 5.74) is 4.13. The Morgan fingerprint density at radius 1 is 0.950 bits per heavy atom. The van der Waals surface area contributed by atoms with Crippen LogP contribution in [-0.2, 0) is 32.6 Å². The molecule has 0 bridgehead atoms. The van der Waals surface area contributed by atoms with Crippen LogP contribution in [0.4, 0.5) is 0 Å². The molecule has 0 aliphatic carbocycles. The molecule has 0 unspecified atom stereocenters. The summed E-state index contributed by atoms with van der Waals surface area (Å²) in [7, 11) is 0. The molecule has 100 valence electrons. The first-order valence-corrected chi connectivity index (χ1v) is 7.12. The fourth-order valence-electron chi connectivity index (χ4n) is 2.69. The van der Waals surface area contributed by atoms with Crippen molar-refractivity contribution in [3.05, 3.63) is 66.2 Å². The van der Waals surface area contributed by atoms with Gasteiger partial charge in [0.15, 0.2) is 0 Å². The first-order chi connectivity index (χ1) is 9.38. The van der Waals surface area contributed by atoms with Crippen LogP contribution in [-0.4, -0.2) is 0 Å². The maximum absolute atomic E-state index is 2.37. The van der Waals surface area contributed by atoms with Crippen molar-refractivity contribution in [1.82, 2.24) is 0 Å². The van der Waals surface area contributed by atoms with Gasteiger partial charge in [0.25, 0.3) is 0 Å². The van der Waals surface area contributed by atoms with Gasteiger partial charge in [-0.3, -0.25) is 0 Å². The van der Waals surface area contributed by atoms with Crippen molar-refractivity contribution in [3.8, 4) is 11.1 Å². The number of hydrogen-bond acceptors (Lipinski definition) is 0. The third kappa shape index (κ3) is 3.15. The van der Waals surface area contributed by atoms with Crippen LogP contribution in [0.1, 0.15) is 25.3 Å². The first kappa shape index (κ1) is 15.3. The van der Waals surface area contributed by atoms with Gasteiger partial charge in [0, 0.05) is 26.2 Å². The van der Waals surface area contributed by atoms with Crippen molar-refractivity contribution in [3.63, 3.8) is 0 Å². The molecule has 0 saturated carbocycles. The minimum absolute atomic E-state index is 0. The van der Waals surface area contributed by atoms with Gasteiger partial charge in [-0.25, -0.2) is 0 Å². The smallest absolute Gasteiger partial charge is 0 e. The third-order valence-electron chi connectivity index (χ3n) is 3.71. The first-order valence-electron chi connectivity index (χ1n) is 7.12. The summed E-state index contributed by atoms with van der Waals surface area (Å²) in [6.45, 7) is 2.25. The van der Waals surface area contributed by atoms with Crippen LogP contribution in [0.2, 0.25) is 0 Å². The molecule has 0 radical (unpaired) electrons. The van der Waals surface area contributed by atoms with E-state index < -0.39 is 0 Å². The predicted octanol–water partition coefficient (Wildman–Crippen LogP) is 5.57. The Kier molecular flexibility index (Phi) is 5.43. The van der Waals surface area contributed by atoms with Crippen LogP contribution in [0.25, 0.3) is 21.9 Å². The summed E-state index contributed by atoms with van der Waals surface area (Å²) >= 11 is 0. The number of rotatable bonds is 4. The van der Waals surface area contributed by atoms with Gasteiger partial charge in [0.05, 0.1) is 0 Å². The molecular formula is C19H19Zr-. The van der Waals surface area contributed by atoms with Crippen LogP contribution >= 0.6 is 0 Å². The van der Waals surface area contributed by atoms with Crippen molar-refractivity contribution in [2.45, 2.75) is 26.2 Å². The quantitative estimate of drug-likeness (QED) is 0.546. The van der Waals surface area contributed by atoms with Gasteiger partial charge in [-0.05, 0) is 12.0 Å². The molecule has 0 atom stereocenters. The van der Waals surface area contributed by atoms with Crippen molar-refractivity contribution in [2.24, 2.45) is 0 Å². The third-order valence-corrected chi connectivity index (χ3v) is 3.71. The minimum Gasteiger partial charge on any atom is -0.164 e. The van der Waals surface area contributed by atoms with Crippen LogP contribution < -0.4 is 0 Å². The van der Waals surface area contributed by atoms with Gasteiger partial charge in [-0.15, -0.1) is 34.5 Å². The van der Waals surface area contributed by atoms with E-state index in [0.29, 0.717) is 0 Å². The zero-order valence-electron chi connectivity index (χ0n) is 11.9. The van der Waals surface area contributed by atoms with Crippen molar-refractivity contribution < 1.29 is 26.2 Å². The van der Waals surface area contributed by atoms with Crippen molar-refractivity contribution in [1.29, 1.82) is 0 Å². The molecule has 3 rings (SSSR count). The number of hydrogen-bond donors (Lipinski definition) is 0. The van der Waals surface area contributed by atoms with E-state index in [1.165, 1.54) is 46.7 Å². The van der Waals surface area contributed by atoms with Crippen molar-refractivity contribution in [2.75, 3.05) is 0 Å². The molecule has 0 saturated heterocycles. The fraction of sp³-hybridized carbons (Fsp3) is 0.211. The standard InChI is InChI=1S/C19H19.Zr/c1-2-3-8-15-13-17-11-7-12-18(19(17)14-15)16-9-5-4-6-10-16;/h4-7,9-14H,2-3,8H2,1H3;/q-1;. The van der Waals surface area contributed by atoms with Gasteiger partial charge < -0.3 is 0 Å². The monoisotopic (exact) mass is 337 g/mol. The molecule has 0 fully saturated rings. The number of unbranched alkanes of at least 4 members (excludes halogenated alkanes) is 1. The summed E-state index contributed by atoms with van der Waals surface area (Å²) in [4.78, 5) is 0. The Bertz CT molecular complexity index is 665. The fourth-order valence-corrected chi connectivity index (χ4v) is 2.69. The van der Waals surface area contributed by atoms with E-state index in [0.717, 1.165) is 0 Å². The van der Waals surface area contributed by atoms with E-state index >= 15 is 0 Å². The predicted molar refractivity (Wildman–Crippen MR) is 83.6 cm³/mol. The zero-order chi connectivity index (χ0) is 13.1. The zero-order valence-corrected chi connectivity index (χ0v) is 14.4. The average Bonchev–Trinajstić information content (AvgIpc) is 2.88. The molecular weight excluding hydrogens is 319 g/mol. The number of benzene rings is 2. The molecule has 3 aromatic carbocycles. The average molecular weight is 339 g/mol. The second-order valence-electron chi connectivity index (χ2n) is 5.14. The molecule has 0 N–H and O–H groups in total. The molecule has 0 aliphatic heterocycles. The Labute approximate surface area is 140 Å². The van der Waals surface area contributed by atoms with Crippen LogP contribution in [0.15, 0.2) is 60.7 Å². The SMILES string of the molecule is CCCCc1cc2c(-c3ccccc3)cccc2[cH-]1.[Zr]. The molecule has 0 aromatic heterocycles. The Morgan fingerprint density at radius 3 is 2.50 bits per heavy atom. The molecule has 20 heavy (non-hydrogen) atoms. The molecule has 0 amide bonds. The molecule has 0 heterocycles.